The van der Waals surface area contributed by atoms with Crippen LogP contribution in [0.5, 0.6) is 11.5 Å². The van der Waals surface area contributed by atoms with Crippen molar-refractivity contribution in [2.75, 3.05) is 19.5 Å². The van der Waals surface area contributed by atoms with Crippen molar-refractivity contribution >= 4 is 16.7 Å². The molecule has 0 saturated carbocycles. The molecule has 0 atom stereocenters. The van der Waals surface area contributed by atoms with Gasteiger partial charge in [-0.3, -0.25) is 0 Å². The molecule has 0 saturated heterocycles. The lowest BCUT2D eigenvalue weighted by Gasteiger charge is -2.12. The number of nitrogens with zero attached hydrogens (tertiary/aromatic N) is 1. The monoisotopic (exact) mass is 326 g/mol. The van der Waals surface area contributed by atoms with Gasteiger partial charge in [0.15, 0.2) is 0 Å². The van der Waals surface area contributed by atoms with Gasteiger partial charge in [-0.05, 0) is 48.9 Å². The SMILES string of the molecule is COc1ccc(CNc2ccc3c(F)cc(C)cc3n2)c(OC)c1. The Morgan fingerprint density at radius 2 is 1.88 bits per heavy atom. The molecule has 1 N–H and O–H groups in total. The normalized spacial score (nSPS) is 10.7. The first-order valence-electron chi connectivity index (χ1n) is 7.62. The van der Waals surface area contributed by atoms with Crippen molar-refractivity contribution in [2.45, 2.75) is 13.5 Å². The predicted octanol–water partition coefficient (Wildman–Crippen LogP) is 4.31. The lowest BCUT2D eigenvalue weighted by Crippen LogP contribution is -2.03. The van der Waals surface area contributed by atoms with Crippen molar-refractivity contribution < 1.29 is 13.9 Å². The molecule has 0 aliphatic heterocycles. The van der Waals surface area contributed by atoms with E-state index in [-0.39, 0.29) is 5.82 Å². The van der Waals surface area contributed by atoms with Crippen molar-refractivity contribution in [2.24, 2.45) is 0 Å². The highest BCUT2D eigenvalue weighted by atomic mass is 19.1. The van der Waals surface area contributed by atoms with Crippen LogP contribution in [0.1, 0.15) is 11.1 Å². The highest BCUT2D eigenvalue weighted by Crippen LogP contribution is 2.26. The molecule has 5 heteroatoms. The molecule has 1 heterocycles. The molecule has 0 aliphatic rings. The minimum Gasteiger partial charge on any atom is -0.497 e. The van der Waals surface area contributed by atoms with Crippen molar-refractivity contribution in [1.29, 1.82) is 0 Å². The summed E-state index contributed by atoms with van der Waals surface area (Å²) in [7, 11) is 3.24. The molecule has 24 heavy (non-hydrogen) atoms. The van der Waals surface area contributed by atoms with Crippen LogP contribution in [0.2, 0.25) is 0 Å². The molecule has 2 aromatic carbocycles. The number of halogens is 1. The minimum atomic E-state index is -0.249. The van der Waals surface area contributed by atoms with E-state index in [1.54, 1.807) is 26.4 Å². The zero-order valence-corrected chi connectivity index (χ0v) is 13.9. The van der Waals surface area contributed by atoms with Crippen LogP contribution < -0.4 is 14.8 Å². The third-order valence-electron chi connectivity index (χ3n) is 3.86. The van der Waals surface area contributed by atoms with Gasteiger partial charge in [0, 0.05) is 23.6 Å². The fourth-order valence-corrected chi connectivity index (χ4v) is 2.60. The first kappa shape index (κ1) is 16.1. The van der Waals surface area contributed by atoms with Crippen LogP contribution in [-0.4, -0.2) is 19.2 Å². The number of nitrogens with one attached hydrogen (secondary N) is 1. The van der Waals surface area contributed by atoms with Gasteiger partial charge in [0.05, 0.1) is 19.7 Å². The topological polar surface area (TPSA) is 43.4 Å². The van der Waals surface area contributed by atoms with Crippen LogP contribution in [0.3, 0.4) is 0 Å². The Labute approximate surface area is 140 Å². The predicted molar refractivity (Wildman–Crippen MR) is 93.3 cm³/mol. The molecule has 0 radical (unpaired) electrons. The van der Waals surface area contributed by atoms with Crippen molar-refractivity contribution in [3.8, 4) is 11.5 Å². The largest absolute Gasteiger partial charge is 0.497 e. The molecular formula is C19H19FN2O2. The van der Waals surface area contributed by atoms with Gasteiger partial charge in [-0.2, -0.15) is 0 Å². The Bertz CT molecular complexity index is 881. The maximum absolute atomic E-state index is 13.9. The first-order chi connectivity index (χ1) is 11.6. The third kappa shape index (κ3) is 3.25. The van der Waals surface area contributed by atoms with Crippen LogP contribution in [-0.2, 0) is 6.54 Å². The van der Waals surface area contributed by atoms with Crippen LogP contribution >= 0.6 is 0 Å². The van der Waals surface area contributed by atoms with E-state index >= 15 is 0 Å². The summed E-state index contributed by atoms with van der Waals surface area (Å²) in [6.07, 6.45) is 0. The van der Waals surface area contributed by atoms with E-state index in [9.17, 15) is 4.39 Å². The Morgan fingerprint density at radius 1 is 1.04 bits per heavy atom. The summed E-state index contributed by atoms with van der Waals surface area (Å²) in [5.74, 6) is 1.92. The number of hydrogen-bond donors (Lipinski definition) is 1. The Kier molecular flexibility index (Phi) is 4.51. The number of aryl methyl sites for hydroxylation is 1. The quantitative estimate of drug-likeness (QED) is 0.759. The Balaban J connectivity index is 1.83. The molecule has 0 unspecified atom stereocenters. The summed E-state index contributed by atoms with van der Waals surface area (Å²) < 4.78 is 24.5. The lowest BCUT2D eigenvalue weighted by molar-refractivity contribution is 0.391. The molecular weight excluding hydrogens is 307 g/mol. The van der Waals surface area contributed by atoms with Gasteiger partial charge in [-0.25, -0.2) is 9.37 Å². The molecule has 3 rings (SSSR count). The fraction of sp³-hybridized carbons (Fsp3) is 0.211. The molecule has 0 bridgehead atoms. The Hall–Kier alpha value is -2.82. The smallest absolute Gasteiger partial charge is 0.132 e. The van der Waals surface area contributed by atoms with Gasteiger partial charge in [0.2, 0.25) is 0 Å². The van der Waals surface area contributed by atoms with E-state index < -0.39 is 0 Å². The van der Waals surface area contributed by atoms with Crippen LogP contribution in [0, 0.1) is 12.7 Å². The maximum Gasteiger partial charge on any atom is 0.132 e. The second-order valence-corrected chi connectivity index (χ2v) is 5.54. The number of aromatic nitrogens is 1. The molecule has 4 nitrogen and oxygen atoms in total. The number of benzene rings is 2. The number of rotatable bonds is 5. The summed E-state index contributed by atoms with van der Waals surface area (Å²) >= 11 is 0. The summed E-state index contributed by atoms with van der Waals surface area (Å²) in [6.45, 7) is 2.40. The molecule has 0 spiro atoms. The summed E-state index contributed by atoms with van der Waals surface area (Å²) in [6, 6.07) is 12.6. The summed E-state index contributed by atoms with van der Waals surface area (Å²) in [5.41, 5.74) is 2.47. The van der Waals surface area contributed by atoms with Crippen LogP contribution in [0.25, 0.3) is 10.9 Å². The summed E-state index contributed by atoms with van der Waals surface area (Å²) in [4.78, 5) is 4.48. The molecule has 0 amide bonds. The van der Waals surface area contributed by atoms with Crippen molar-refractivity contribution in [1.82, 2.24) is 4.98 Å². The maximum atomic E-state index is 13.9. The van der Waals surface area contributed by atoms with Crippen LogP contribution in [0.15, 0.2) is 42.5 Å². The van der Waals surface area contributed by atoms with Gasteiger partial charge < -0.3 is 14.8 Å². The third-order valence-corrected chi connectivity index (χ3v) is 3.86. The lowest BCUT2D eigenvalue weighted by atomic mass is 10.1. The number of pyridine rings is 1. The van der Waals surface area contributed by atoms with Crippen molar-refractivity contribution in [3.05, 3.63) is 59.4 Å². The second-order valence-electron chi connectivity index (χ2n) is 5.54. The van der Waals surface area contributed by atoms with Gasteiger partial charge in [0.1, 0.15) is 23.1 Å². The van der Waals surface area contributed by atoms with Gasteiger partial charge >= 0.3 is 0 Å². The Morgan fingerprint density at radius 3 is 2.62 bits per heavy atom. The van der Waals surface area contributed by atoms with Crippen LogP contribution in [0.4, 0.5) is 10.2 Å². The van der Waals surface area contributed by atoms with E-state index in [0.717, 1.165) is 22.6 Å². The molecule has 1 aromatic heterocycles. The van der Waals surface area contributed by atoms with E-state index in [1.165, 1.54) is 6.07 Å². The van der Waals surface area contributed by atoms with Gasteiger partial charge in [0.25, 0.3) is 0 Å². The summed E-state index contributed by atoms with van der Waals surface area (Å²) in [5, 5.41) is 3.77. The van der Waals surface area contributed by atoms with E-state index in [4.69, 9.17) is 9.47 Å². The standard InChI is InChI=1S/C19H19FN2O2/c1-12-8-16(20)15-6-7-19(22-17(15)9-12)21-11-13-4-5-14(23-2)10-18(13)24-3/h4-10H,11H2,1-3H3,(H,21,22). The zero-order chi connectivity index (χ0) is 17.1. The van der Waals surface area contributed by atoms with Gasteiger partial charge in [-0.15, -0.1) is 0 Å². The second kappa shape index (κ2) is 6.74. The molecule has 0 aliphatic carbocycles. The number of methoxy groups -OCH3 is 2. The van der Waals surface area contributed by atoms with E-state index in [2.05, 4.69) is 10.3 Å². The molecule has 124 valence electrons. The average Bonchev–Trinajstić information content (AvgIpc) is 2.59. The highest BCUT2D eigenvalue weighted by molar-refractivity contribution is 5.81. The average molecular weight is 326 g/mol. The minimum absolute atomic E-state index is 0.249. The van der Waals surface area contributed by atoms with E-state index in [0.29, 0.717) is 23.3 Å². The highest BCUT2D eigenvalue weighted by Gasteiger charge is 2.07. The van der Waals surface area contributed by atoms with Crippen molar-refractivity contribution in [3.63, 3.8) is 0 Å². The number of fused-ring (bicyclic) bond motifs is 1. The van der Waals surface area contributed by atoms with Gasteiger partial charge in [-0.1, -0.05) is 0 Å². The molecule has 3 aromatic rings. The number of ether oxygens (including phenoxy) is 2. The van der Waals surface area contributed by atoms with E-state index in [1.807, 2.05) is 31.2 Å². The molecule has 0 fully saturated rings. The fourth-order valence-electron chi connectivity index (χ4n) is 2.60. The number of anilines is 1. The first-order valence-corrected chi connectivity index (χ1v) is 7.62. The number of hydrogen-bond acceptors (Lipinski definition) is 4. The zero-order valence-electron chi connectivity index (χ0n) is 13.9.